The first-order valence-corrected chi connectivity index (χ1v) is 7.30. The van der Waals surface area contributed by atoms with Gasteiger partial charge in [-0.1, -0.05) is 11.6 Å². The maximum absolute atomic E-state index is 12.9. The van der Waals surface area contributed by atoms with E-state index in [0.29, 0.717) is 38.8 Å². The molecule has 0 spiro atoms. The first-order valence-electron chi connectivity index (χ1n) is 6.92. The third-order valence-corrected chi connectivity index (χ3v) is 3.83. The molecule has 0 unspecified atom stereocenters. The zero-order valence-electron chi connectivity index (χ0n) is 12.1. The van der Waals surface area contributed by atoms with Crippen LogP contribution in [0.15, 0.2) is 46.4 Å². The van der Waals surface area contributed by atoms with Gasteiger partial charge in [0.25, 0.3) is 5.56 Å². The zero-order valence-corrected chi connectivity index (χ0v) is 12.9. The van der Waals surface area contributed by atoms with E-state index in [0.717, 1.165) is 0 Å². The smallest absolute Gasteiger partial charge is 0.267 e. The number of aromatic nitrogens is 3. The SMILES string of the molecule is N=C(N)N/N=C1\c2cc(Cl)ccc2-n2c1nc1ncccc1c2=O. The predicted molar refractivity (Wildman–Crippen MR) is 90.8 cm³/mol. The van der Waals surface area contributed by atoms with Gasteiger partial charge in [0.15, 0.2) is 11.5 Å². The minimum Gasteiger partial charge on any atom is -0.369 e. The Kier molecular flexibility index (Phi) is 3.07. The van der Waals surface area contributed by atoms with Gasteiger partial charge in [0.1, 0.15) is 5.71 Å². The first-order chi connectivity index (χ1) is 11.6. The second kappa shape index (κ2) is 5.14. The average Bonchev–Trinajstić information content (AvgIpc) is 2.86. The minimum atomic E-state index is -0.328. The molecular formula is C15H10ClN7O. The van der Waals surface area contributed by atoms with Gasteiger partial charge in [-0.2, -0.15) is 5.10 Å². The highest BCUT2D eigenvalue weighted by atomic mass is 35.5. The second-order valence-electron chi connectivity index (χ2n) is 5.10. The average molecular weight is 340 g/mol. The number of rotatable bonds is 1. The summed E-state index contributed by atoms with van der Waals surface area (Å²) in [4.78, 5) is 21.4. The highest BCUT2D eigenvalue weighted by Crippen LogP contribution is 2.28. The Morgan fingerprint density at radius 1 is 1.38 bits per heavy atom. The summed E-state index contributed by atoms with van der Waals surface area (Å²) in [5, 5.41) is 12.3. The number of nitrogens with one attached hydrogen (secondary N) is 2. The fraction of sp³-hybridized carbons (Fsp3) is 0. The van der Waals surface area contributed by atoms with Crippen molar-refractivity contribution in [2.75, 3.05) is 0 Å². The van der Waals surface area contributed by atoms with Gasteiger partial charge in [0.05, 0.1) is 11.1 Å². The van der Waals surface area contributed by atoms with Crippen LogP contribution in [-0.2, 0) is 0 Å². The predicted octanol–water partition coefficient (Wildman–Crippen LogP) is 0.983. The van der Waals surface area contributed by atoms with Crippen LogP contribution in [0.25, 0.3) is 16.7 Å². The molecule has 9 heteroatoms. The molecule has 0 fully saturated rings. The molecule has 0 bridgehead atoms. The maximum atomic E-state index is 12.9. The van der Waals surface area contributed by atoms with Crippen LogP contribution in [0.3, 0.4) is 0 Å². The van der Waals surface area contributed by atoms with Crippen LogP contribution >= 0.6 is 11.6 Å². The fourth-order valence-electron chi connectivity index (χ4n) is 2.64. The maximum Gasteiger partial charge on any atom is 0.267 e. The third-order valence-electron chi connectivity index (χ3n) is 3.60. The Balaban J connectivity index is 2.10. The van der Waals surface area contributed by atoms with Crippen LogP contribution in [-0.4, -0.2) is 26.2 Å². The van der Waals surface area contributed by atoms with E-state index in [1.54, 1.807) is 36.5 Å². The minimum absolute atomic E-state index is 0.250. The number of guanidine groups is 1. The number of pyridine rings is 1. The van der Waals surface area contributed by atoms with Gasteiger partial charge in [0, 0.05) is 16.8 Å². The summed E-state index contributed by atoms with van der Waals surface area (Å²) in [6.45, 7) is 0. The summed E-state index contributed by atoms with van der Waals surface area (Å²) >= 11 is 6.08. The molecule has 3 aromatic rings. The van der Waals surface area contributed by atoms with E-state index in [2.05, 4.69) is 20.5 Å². The van der Waals surface area contributed by atoms with E-state index in [9.17, 15) is 4.79 Å². The summed E-state index contributed by atoms with van der Waals surface area (Å²) in [5.41, 5.74) is 9.36. The molecular weight excluding hydrogens is 330 g/mol. The Morgan fingerprint density at radius 2 is 2.21 bits per heavy atom. The van der Waals surface area contributed by atoms with Crippen LogP contribution in [0.2, 0.25) is 5.02 Å². The highest BCUT2D eigenvalue weighted by molar-refractivity contribution is 6.31. The molecule has 0 radical (unpaired) electrons. The van der Waals surface area contributed by atoms with Crippen LogP contribution in [0.5, 0.6) is 0 Å². The van der Waals surface area contributed by atoms with Gasteiger partial charge < -0.3 is 5.73 Å². The third kappa shape index (κ3) is 2.04. The number of hydrogen-bond acceptors (Lipinski definition) is 5. The van der Waals surface area contributed by atoms with Crippen molar-refractivity contribution < 1.29 is 0 Å². The molecule has 1 aromatic carbocycles. The van der Waals surface area contributed by atoms with Crippen molar-refractivity contribution in [3.8, 4) is 5.69 Å². The van der Waals surface area contributed by atoms with Crippen molar-refractivity contribution in [2.24, 2.45) is 10.8 Å². The lowest BCUT2D eigenvalue weighted by molar-refractivity contribution is 0.947. The van der Waals surface area contributed by atoms with Gasteiger partial charge >= 0.3 is 0 Å². The number of hydrogen-bond donors (Lipinski definition) is 3. The normalized spacial score (nSPS) is 13.8. The molecule has 4 rings (SSSR count). The molecule has 0 saturated carbocycles. The molecule has 2 aromatic heterocycles. The summed E-state index contributed by atoms with van der Waals surface area (Å²) < 4.78 is 1.45. The Hall–Kier alpha value is -3.26. The van der Waals surface area contributed by atoms with Gasteiger partial charge in [0.2, 0.25) is 5.96 Å². The van der Waals surface area contributed by atoms with E-state index >= 15 is 0 Å². The lowest BCUT2D eigenvalue weighted by atomic mass is 10.1. The largest absolute Gasteiger partial charge is 0.369 e. The highest BCUT2D eigenvalue weighted by Gasteiger charge is 2.29. The lowest BCUT2D eigenvalue weighted by Gasteiger charge is -2.05. The number of fused-ring (bicyclic) bond motifs is 4. The fourth-order valence-corrected chi connectivity index (χ4v) is 2.81. The van der Waals surface area contributed by atoms with Crippen molar-refractivity contribution in [1.29, 1.82) is 5.41 Å². The van der Waals surface area contributed by atoms with E-state index in [-0.39, 0.29) is 11.5 Å². The summed E-state index contributed by atoms with van der Waals surface area (Å²) in [5.74, 6) is -0.0111. The molecule has 8 nitrogen and oxygen atoms in total. The Labute approximate surface area is 140 Å². The molecule has 3 heterocycles. The number of benzene rings is 1. The zero-order chi connectivity index (χ0) is 16.8. The number of nitrogens with two attached hydrogens (primary N) is 1. The molecule has 1 aliphatic rings. The summed E-state index contributed by atoms with van der Waals surface area (Å²) in [7, 11) is 0. The number of hydrazone groups is 1. The molecule has 24 heavy (non-hydrogen) atoms. The molecule has 0 aliphatic carbocycles. The van der Waals surface area contributed by atoms with Gasteiger partial charge in [-0.15, -0.1) is 0 Å². The Morgan fingerprint density at radius 3 is 3.00 bits per heavy atom. The van der Waals surface area contributed by atoms with Crippen molar-refractivity contribution in [1.82, 2.24) is 20.0 Å². The standard InChI is InChI=1S/C15H10ClN7O/c16-7-3-4-10-9(6-7)11(21-22-15(17)18)13-20-12-8(2-1-5-19-12)14(24)23(10)13/h1-6H,(H4,17,18,22)/b21-11+. The lowest BCUT2D eigenvalue weighted by Crippen LogP contribution is -2.28. The second-order valence-corrected chi connectivity index (χ2v) is 5.53. The van der Waals surface area contributed by atoms with Crippen molar-refractivity contribution >= 4 is 34.3 Å². The molecule has 118 valence electrons. The van der Waals surface area contributed by atoms with E-state index in [4.69, 9.17) is 22.7 Å². The first kappa shape index (κ1) is 14.3. The van der Waals surface area contributed by atoms with Crippen LogP contribution in [0.1, 0.15) is 11.4 Å². The summed E-state index contributed by atoms with van der Waals surface area (Å²) in [6, 6.07) is 8.45. The van der Waals surface area contributed by atoms with E-state index < -0.39 is 0 Å². The van der Waals surface area contributed by atoms with Crippen molar-refractivity contribution in [3.05, 3.63) is 63.3 Å². The number of nitrogens with zero attached hydrogens (tertiary/aromatic N) is 4. The van der Waals surface area contributed by atoms with Gasteiger partial charge in [-0.05, 0) is 30.3 Å². The number of halogens is 1. The van der Waals surface area contributed by atoms with Crippen LogP contribution in [0, 0.1) is 5.41 Å². The molecule has 0 atom stereocenters. The van der Waals surface area contributed by atoms with E-state index in [1.807, 2.05) is 0 Å². The van der Waals surface area contributed by atoms with Crippen molar-refractivity contribution in [3.63, 3.8) is 0 Å². The van der Waals surface area contributed by atoms with E-state index in [1.165, 1.54) is 4.57 Å². The summed E-state index contributed by atoms with van der Waals surface area (Å²) in [6.07, 6.45) is 1.56. The molecule has 0 saturated heterocycles. The molecule has 0 amide bonds. The van der Waals surface area contributed by atoms with Gasteiger partial charge in [-0.3, -0.25) is 14.8 Å². The quantitative estimate of drug-likeness (QED) is 0.271. The Bertz CT molecular complexity index is 1100. The monoisotopic (exact) mass is 339 g/mol. The van der Waals surface area contributed by atoms with Crippen LogP contribution in [0.4, 0.5) is 0 Å². The molecule has 1 aliphatic heterocycles. The topological polar surface area (TPSA) is 122 Å². The van der Waals surface area contributed by atoms with Crippen molar-refractivity contribution in [2.45, 2.75) is 0 Å². The van der Waals surface area contributed by atoms with Gasteiger partial charge in [-0.25, -0.2) is 15.4 Å². The van der Waals surface area contributed by atoms with Crippen LogP contribution < -0.4 is 16.7 Å². The molecule has 4 N–H and O–H groups in total.